The first-order valence-corrected chi connectivity index (χ1v) is 8.25. The maximum absolute atomic E-state index is 12.1. The SMILES string of the molecule is Cc1csc(C(=O)CCc2cccc(OC(C)(C)C(=O)O)c2)c1. The van der Waals surface area contributed by atoms with Crippen LogP contribution in [0.4, 0.5) is 0 Å². The Morgan fingerprint density at radius 2 is 2.00 bits per heavy atom. The Morgan fingerprint density at radius 3 is 2.61 bits per heavy atom. The molecule has 5 heteroatoms. The number of carbonyl (C=O) groups is 2. The number of aliphatic carboxylic acids is 1. The molecule has 2 aromatic rings. The number of rotatable bonds is 7. The highest BCUT2D eigenvalue weighted by Gasteiger charge is 2.29. The van der Waals surface area contributed by atoms with Gasteiger partial charge in [0, 0.05) is 6.42 Å². The molecular formula is C18H20O4S. The number of Topliss-reactive ketones (excluding diaryl/α,β-unsaturated/α-hetero) is 1. The van der Waals surface area contributed by atoms with Crippen LogP contribution in [0, 0.1) is 6.92 Å². The minimum absolute atomic E-state index is 0.125. The van der Waals surface area contributed by atoms with Gasteiger partial charge >= 0.3 is 5.97 Å². The molecule has 4 nitrogen and oxygen atoms in total. The van der Waals surface area contributed by atoms with Gasteiger partial charge in [0.25, 0.3) is 0 Å². The lowest BCUT2D eigenvalue weighted by atomic mass is 10.1. The largest absolute Gasteiger partial charge is 0.478 e. The number of carbonyl (C=O) groups excluding carboxylic acids is 1. The van der Waals surface area contributed by atoms with Gasteiger partial charge in [-0.2, -0.15) is 0 Å². The second-order valence-electron chi connectivity index (χ2n) is 5.98. The van der Waals surface area contributed by atoms with Crippen molar-refractivity contribution in [2.75, 3.05) is 0 Å². The van der Waals surface area contributed by atoms with E-state index in [2.05, 4.69) is 0 Å². The number of thiophene rings is 1. The third-order valence-electron chi connectivity index (χ3n) is 3.43. The molecular weight excluding hydrogens is 312 g/mol. The summed E-state index contributed by atoms with van der Waals surface area (Å²) in [5.74, 6) is -0.402. The Bertz CT molecular complexity index is 715. The number of ketones is 1. The summed E-state index contributed by atoms with van der Waals surface area (Å²) in [7, 11) is 0. The molecule has 0 aliphatic carbocycles. The molecule has 0 unspecified atom stereocenters. The molecule has 0 radical (unpaired) electrons. The fourth-order valence-electron chi connectivity index (χ4n) is 2.06. The lowest BCUT2D eigenvalue weighted by molar-refractivity contribution is -0.152. The topological polar surface area (TPSA) is 63.6 Å². The van der Waals surface area contributed by atoms with Gasteiger partial charge in [-0.3, -0.25) is 4.79 Å². The molecule has 1 heterocycles. The first-order valence-electron chi connectivity index (χ1n) is 7.37. The summed E-state index contributed by atoms with van der Waals surface area (Å²) in [5.41, 5.74) is 0.762. The van der Waals surface area contributed by atoms with E-state index in [9.17, 15) is 9.59 Å². The van der Waals surface area contributed by atoms with E-state index in [-0.39, 0.29) is 5.78 Å². The van der Waals surface area contributed by atoms with Crippen molar-refractivity contribution >= 4 is 23.1 Å². The zero-order valence-corrected chi connectivity index (χ0v) is 14.3. The second-order valence-corrected chi connectivity index (χ2v) is 6.89. The molecule has 0 saturated carbocycles. The van der Waals surface area contributed by atoms with E-state index in [1.54, 1.807) is 12.1 Å². The summed E-state index contributed by atoms with van der Waals surface area (Å²) < 4.78 is 5.52. The zero-order valence-electron chi connectivity index (χ0n) is 13.5. The molecule has 0 amide bonds. The van der Waals surface area contributed by atoms with E-state index < -0.39 is 11.6 Å². The predicted molar refractivity (Wildman–Crippen MR) is 90.5 cm³/mol. The van der Waals surface area contributed by atoms with Gasteiger partial charge in [-0.05, 0) is 61.9 Å². The number of carboxylic acid groups (broad SMARTS) is 1. The van der Waals surface area contributed by atoms with Gasteiger partial charge in [-0.25, -0.2) is 4.79 Å². The van der Waals surface area contributed by atoms with Crippen LogP contribution in [0.1, 0.15) is 41.1 Å². The van der Waals surface area contributed by atoms with Crippen molar-refractivity contribution in [3.05, 3.63) is 51.7 Å². The van der Waals surface area contributed by atoms with E-state index in [0.29, 0.717) is 18.6 Å². The van der Waals surface area contributed by atoms with E-state index in [1.807, 2.05) is 30.5 Å². The summed E-state index contributed by atoms with van der Waals surface area (Å²) >= 11 is 1.47. The lowest BCUT2D eigenvalue weighted by Crippen LogP contribution is -2.37. The number of hydrogen-bond donors (Lipinski definition) is 1. The third kappa shape index (κ3) is 4.66. The van der Waals surface area contributed by atoms with Gasteiger partial charge in [0.05, 0.1) is 4.88 Å². The van der Waals surface area contributed by atoms with Gasteiger partial charge < -0.3 is 9.84 Å². The summed E-state index contributed by atoms with van der Waals surface area (Å²) in [6, 6.07) is 9.13. The molecule has 0 fully saturated rings. The molecule has 23 heavy (non-hydrogen) atoms. The predicted octanol–water partition coefficient (Wildman–Crippen LogP) is 4.11. The number of benzene rings is 1. The molecule has 122 valence electrons. The lowest BCUT2D eigenvalue weighted by Gasteiger charge is -2.21. The van der Waals surface area contributed by atoms with E-state index in [1.165, 1.54) is 25.2 Å². The monoisotopic (exact) mass is 332 g/mol. The van der Waals surface area contributed by atoms with Crippen LogP contribution in [0.25, 0.3) is 0 Å². The van der Waals surface area contributed by atoms with Crippen LogP contribution in [0.15, 0.2) is 35.7 Å². The average molecular weight is 332 g/mol. The van der Waals surface area contributed by atoms with Gasteiger partial charge in [0.15, 0.2) is 11.4 Å². The number of carboxylic acids is 1. The van der Waals surface area contributed by atoms with Crippen LogP contribution >= 0.6 is 11.3 Å². The van der Waals surface area contributed by atoms with Crippen molar-refractivity contribution in [1.29, 1.82) is 0 Å². The standard InChI is InChI=1S/C18H20O4S/c1-12-9-16(23-11-12)15(19)8-7-13-5-4-6-14(10-13)22-18(2,3)17(20)21/h4-6,9-11H,7-8H2,1-3H3,(H,20,21). The van der Waals surface area contributed by atoms with E-state index in [0.717, 1.165) is 16.0 Å². The third-order valence-corrected chi connectivity index (χ3v) is 4.52. The highest BCUT2D eigenvalue weighted by Crippen LogP contribution is 2.22. The van der Waals surface area contributed by atoms with Crippen molar-refractivity contribution in [1.82, 2.24) is 0 Å². The number of aryl methyl sites for hydroxylation is 2. The maximum Gasteiger partial charge on any atom is 0.347 e. The van der Waals surface area contributed by atoms with E-state index >= 15 is 0 Å². The van der Waals surface area contributed by atoms with Gasteiger partial charge in [0.1, 0.15) is 5.75 Å². The number of hydrogen-bond acceptors (Lipinski definition) is 4. The van der Waals surface area contributed by atoms with Crippen molar-refractivity contribution < 1.29 is 19.4 Å². The Kier molecular flexibility index (Phi) is 5.21. The minimum atomic E-state index is -1.29. The Hall–Kier alpha value is -2.14. The summed E-state index contributed by atoms with van der Waals surface area (Å²) in [6.45, 7) is 4.98. The number of ether oxygens (including phenoxy) is 1. The summed E-state index contributed by atoms with van der Waals surface area (Å²) in [5, 5.41) is 11.1. The smallest absolute Gasteiger partial charge is 0.347 e. The molecule has 1 N–H and O–H groups in total. The van der Waals surface area contributed by atoms with Crippen molar-refractivity contribution in [3.8, 4) is 5.75 Å². The highest BCUT2D eigenvalue weighted by molar-refractivity contribution is 7.12. The normalized spacial score (nSPS) is 11.3. The maximum atomic E-state index is 12.1. The molecule has 0 saturated heterocycles. The highest BCUT2D eigenvalue weighted by atomic mass is 32.1. The van der Waals surface area contributed by atoms with Gasteiger partial charge in [0.2, 0.25) is 0 Å². The Morgan fingerprint density at radius 1 is 1.26 bits per heavy atom. The van der Waals surface area contributed by atoms with Crippen molar-refractivity contribution in [2.24, 2.45) is 0 Å². The van der Waals surface area contributed by atoms with Crippen LogP contribution in [0.5, 0.6) is 5.75 Å². The fourth-order valence-corrected chi connectivity index (χ4v) is 2.93. The minimum Gasteiger partial charge on any atom is -0.478 e. The average Bonchev–Trinajstić information content (AvgIpc) is 2.91. The fraction of sp³-hybridized carbons (Fsp3) is 0.333. The first-order chi connectivity index (χ1) is 10.8. The molecule has 0 spiro atoms. The molecule has 1 aromatic heterocycles. The van der Waals surface area contributed by atoms with Crippen molar-refractivity contribution in [2.45, 2.75) is 39.2 Å². The zero-order chi connectivity index (χ0) is 17.0. The van der Waals surface area contributed by atoms with E-state index in [4.69, 9.17) is 9.84 Å². The first kappa shape index (κ1) is 17.2. The van der Waals surface area contributed by atoms with Crippen LogP contribution in [-0.2, 0) is 11.2 Å². The van der Waals surface area contributed by atoms with Crippen LogP contribution in [-0.4, -0.2) is 22.5 Å². The second kappa shape index (κ2) is 6.96. The molecule has 0 atom stereocenters. The summed E-state index contributed by atoms with van der Waals surface area (Å²) in [6.07, 6.45) is 1.02. The Balaban J connectivity index is 2.00. The van der Waals surface area contributed by atoms with Crippen LogP contribution in [0.2, 0.25) is 0 Å². The molecule has 2 rings (SSSR count). The molecule has 0 aliphatic heterocycles. The quantitative estimate of drug-likeness (QED) is 0.775. The van der Waals surface area contributed by atoms with Gasteiger partial charge in [-0.1, -0.05) is 12.1 Å². The van der Waals surface area contributed by atoms with Crippen LogP contribution < -0.4 is 4.74 Å². The van der Waals surface area contributed by atoms with Gasteiger partial charge in [-0.15, -0.1) is 11.3 Å². The molecule has 0 aliphatic rings. The Labute approximate surface area is 139 Å². The van der Waals surface area contributed by atoms with Crippen LogP contribution in [0.3, 0.4) is 0 Å². The van der Waals surface area contributed by atoms with Crippen molar-refractivity contribution in [3.63, 3.8) is 0 Å². The molecule has 0 bridgehead atoms. The molecule has 1 aromatic carbocycles. The summed E-state index contributed by atoms with van der Waals surface area (Å²) in [4.78, 5) is 24.0.